The average Bonchev–Trinajstić information content (AvgIpc) is 3.29. The topological polar surface area (TPSA) is 77.1 Å². The summed E-state index contributed by atoms with van der Waals surface area (Å²) in [6.45, 7) is 0.248. The molecule has 26 heavy (non-hydrogen) atoms. The largest absolute Gasteiger partial charge is 0.437 e. The fourth-order valence-electron chi connectivity index (χ4n) is 4.46. The number of aromatic nitrogens is 2. The number of rotatable bonds is 5. The van der Waals surface area contributed by atoms with Gasteiger partial charge in [0, 0.05) is 12.5 Å². The van der Waals surface area contributed by atoms with E-state index in [0.717, 1.165) is 29.6 Å². The van der Waals surface area contributed by atoms with E-state index in [1.54, 1.807) is 0 Å². The zero-order valence-corrected chi connectivity index (χ0v) is 15.7. The molecule has 2 aliphatic rings. The number of fused-ring (bicyclic) bond motifs is 1. The Hall–Kier alpha value is -1.89. The minimum absolute atomic E-state index is 0.00293. The number of hydrogen-bond donors (Lipinski definition) is 1. The number of nitrogens with zero attached hydrogens (tertiary/aromatic N) is 2. The molecule has 7 heteroatoms. The molecule has 2 fully saturated rings. The number of thiophene rings is 1. The van der Waals surface area contributed by atoms with E-state index in [2.05, 4.69) is 10.4 Å². The van der Waals surface area contributed by atoms with E-state index in [1.807, 2.05) is 17.5 Å². The van der Waals surface area contributed by atoms with E-state index in [1.165, 1.54) is 48.1 Å². The Morgan fingerprint density at radius 3 is 2.92 bits per heavy atom. The first-order valence-corrected chi connectivity index (χ1v) is 10.5. The van der Waals surface area contributed by atoms with Crippen LogP contribution in [0.1, 0.15) is 51.4 Å². The molecule has 2 aromatic heterocycles. The van der Waals surface area contributed by atoms with Crippen LogP contribution in [0.3, 0.4) is 0 Å². The van der Waals surface area contributed by atoms with Crippen LogP contribution in [0.2, 0.25) is 0 Å². The standard InChI is InChI=1S/C19H25N3O3S/c23-17(20-15-8-7-13-4-1-2-5-14(13)12-15)9-10-22-19(24)25-18(21-22)16-6-3-11-26-16/h3,6,11,13-15H,1-2,4-5,7-10,12H2,(H,20,23)/t13-,14+,15-/m0/s1. The lowest BCUT2D eigenvalue weighted by Crippen LogP contribution is -2.42. The molecule has 0 spiro atoms. The van der Waals surface area contributed by atoms with Gasteiger partial charge in [0.05, 0.1) is 11.4 Å². The summed E-state index contributed by atoms with van der Waals surface area (Å²) < 4.78 is 6.42. The van der Waals surface area contributed by atoms with Crippen molar-refractivity contribution in [3.05, 3.63) is 28.1 Å². The fourth-order valence-corrected chi connectivity index (χ4v) is 5.10. The summed E-state index contributed by atoms with van der Waals surface area (Å²) in [7, 11) is 0. The van der Waals surface area contributed by atoms with Gasteiger partial charge in [-0.25, -0.2) is 4.79 Å². The lowest BCUT2D eigenvalue weighted by atomic mass is 9.69. The van der Waals surface area contributed by atoms with Gasteiger partial charge in [-0.1, -0.05) is 31.7 Å². The number of hydrogen-bond acceptors (Lipinski definition) is 5. The van der Waals surface area contributed by atoms with Crippen LogP contribution in [0, 0.1) is 11.8 Å². The summed E-state index contributed by atoms with van der Waals surface area (Å²) in [5.74, 6) is 1.47. The summed E-state index contributed by atoms with van der Waals surface area (Å²) in [5, 5.41) is 9.26. The molecule has 2 heterocycles. The Balaban J connectivity index is 1.28. The van der Waals surface area contributed by atoms with Gasteiger partial charge in [0.25, 0.3) is 5.89 Å². The van der Waals surface area contributed by atoms with Crippen LogP contribution in [0.4, 0.5) is 0 Å². The number of aryl methyl sites for hydroxylation is 1. The number of nitrogens with one attached hydrogen (secondary N) is 1. The maximum absolute atomic E-state index is 12.3. The molecule has 140 valence electrons. The van der Waals surface area contributed by atoms with Crippen LogP contribution in [0.25, 0.3) is 10.8 Å². The van der Waals surface area contributed by atoms with Crippen LogP contribution in [0.5, 0.6) is 0 Å². The van der Waals surface area contributed by atoms with E-state index in [0.29, 0.717) is 5.89 Å². The first-order valence-electron chi connectivity index (χ1n) is 9.60. The van der Waals surface area contributed by atoms with Crippen LogP contribution in [-0.4, -0.2) is 21.7 Å². The summed E-state index contributed by atoms with van der Waals surface area (Å²) >= 11 is 1.47. The van der Waals surface area contributed by atoms with Crippen LogP contribution >= 0.6 is 11.3 Å². The number of amides is 1. The van der Waals surface area contributed by atoms with E-state index < -0.39 is 5.76 Å². The number of carbonyl (C=O) groups is 1. The quantitative estimate of drug-likeness (QED) is 0.868. The Morgan fingerprint density at radius 2 is 2.12 bits per heavy atom. The highest BCUT2D eigenvalue weighted by molar-refractivity contribution is 7.13. The SMILES string of the molecule is O=C(CCn1nc(-c2cccs2)oc1=O)N[C@H]1CC[C@@H]2CCCC[C@@H]2C1. The van der Waals surface area contributed by atoms with Crippen molar-refractivity contribution in [3.8, 4) is 10.8 Å². The summed E-state index contributed by atoms with van der Waals surface area (Å²) in [6, 6.07) is 4.03. The maximum atomic E-state index is 12.3. The Bertz CT molecular complexity index is 795. The second-order valence-electron chi connectivity index (χ2n) is 7.51. The Morgan fingerprint density at radius 1 is 1.27 bits per heavy atom. The van der Waals surface area contributed by atoms with Crippen molar-refractivity contribution in [1.29, 1.82) is 0 Å². The van der Waals surface area contributed by atoms with Crippen LogP contribution in [-0.2, 0) is 11.3 Å². The van der Waals surface area contributed by atoms with Crippen LogP contribution in [0.15, 0.2) is 26.7 Å². The van der Waals surface area contributed by atoms with Gasteiger partial charge in [-0.05, 0) is 42.5 Å². The monoisotopic (exact) mass is 375 g/mol. The van der Waals surface area contributed by atoms with Crippen molar-refractivity contribution >= 4 is 17.2 Å². The first kappa shape index (κ1) is 17.5. The molecular formula is C19H25N3O3S. The molecule has 0 unspecified atom stereocenters. The lowest BCUT2D eigenvalue weighted by Gasteiger charge is -2.39. The molecule has 1 amide bonds. The second-order valence-corrected chi connectivity index (χ2v) is 8.45. The summed E-state index contributed by atoms with van der Waals surface area (Å²) in [4.78, 5) is 25.0. The zero-order valence-electron chi connectivity index (χ0n) is 14.9. The van der Waals surface area contributed by atoms with Crippen molar-refractivity contribution in [3.63, 3.8) is 0 Å². The van der Waals surface area contributed by atoms with E-state index in [4.69, 9.17) is 4.42 Å². The minimum Gasteiger partial charge on any atom is -0.387 e. The number of carbonyl (C=O) groups excluding carboxylic acids is 1. The third-order valence-corrected chi connectivity index (χ3v) is 6.65. The first-order chi connectivity index (χ1) is 12.7. The maximum Gasteiger partial charge on any atom is 0.437 e. The normalized spacial score (nSPS) is 25.6. The van der Waals surface area contributed by atoms with Crippen molar-refractivity contribution in [2.75, 3.05) is 0 Å². The van der Waals surface area contributed by atoms with Crippen molar-refractivity contribution in [1.82, 2.24) is 15.1 Å². The summed E-state index contributed by atoms with van der Waals surface area (Å²) in [6.07, 6.45) is 9.08. The van der Waals surface area contributed by atoms with Gasteiger partial charge in [0.2, 0.25) is 5.91 Å². The minimum atomic E-state index is -0.510. The Kier molecular flexibility index (Phi) is 5.24. The van der Waals surface area contributed by atoms with Crippen molar-refractivity contribution in [2.24, 2.45) is 11.8 Å². The highest BCUT2D eigenvalue weighted by atomic mass is 32.1. The summed E-state index contributed by atoms with van der Waals surface area (Å²) in [5.41, 5.74) is 0. The highest BCUT2D eigenvalue weighted by Gasteiger charge is 2.32. The van der Waals surface area contributed by atoms with Gasteiger partial charge >= 0.3 is 5.76 Å². The Labute approximate surface area is 156 Å². The molecule has 2 saturated carbocycles. The van der Waals surface area contributed by atoms with E-state index >= 15 is 0 Å². The predicted octanol–water partition coefficient (Wildman–Crippen LogP) is 3.43. The predicted molar refractivity (Wildman–Crippen MR) is 99.9 cm³/mol. The van der Waals surface area contributed by atoms with Gasteiger partial charge < -0.3 is 9.73 Å². The van der Waals surface area contributed by atoms with Crippen molar-refractivity contribution < 1.29 is 9.21 Å². The van der Waals surface area contributed by atoms with Gasteiger partial charge in [0.1, 0.15) is 0 Å². The fraction of sp³-hybridized carbons (Fsp3) is 0.632. The van der Waals surface area contributed by atoms with Gasteiger partial charge in [0.15, 0.2) is 0 Å². The molecule has 2 aromatic rings. The molecule has 0 aliphatic heterocycles. The molecule has 6 nitrogen and oxygen atoms in total. The molecule has 4 rings (SSSR count). The van der Waals surface area contributed by atoms with E-state index in [-0.39, 0.29) is 24.9 Å². The van der Waals surface area contributed by atoms with E-state index in [9.17, 15) is 9.59 Å². The third kappa shape index (κ3) is 3.92. The second kappa shape index (κ2) is 7.78. The molecule has 0 radical (unpaired) electrons. The smallest absolute Gasteiger partial charge is 0.387 e. The van der Waals surface area contributed by atoms with Crippen LogP contribution < -0.4 is 11.1 Å². The molecule has 1 N–H and O–H groups in total. The molecular weight excluding hydrogens is 350 g/mol. The third-order valence-electron chi connectivity index (χ3n) is 5.79. The molecule has 0 saturated heterocycles. The van der Waals surface area contributed by atoms with Gasteiger partial charge in [-0.15, -0.1) is 16.4 Å². The molecule has 0 aromatic carbocycles. The highest BCUT2D eigenvalue weighted by Crippen LogP contribution is 2.40. The van der Waals surface area contributed by atoms with Crippen molar-refractivity contribution in [2.45, 2.75) is 64.0 Å². The average molecular weight is 375 g/mol. The zero-order chi connectivity index (χ0) is 17.9. The van der Waals surface area contributed by atoms with Gasteiger partial charge in [-0.2, -0.15) is 4.68 Å². The van der Waals surface area contributed by atoms with Gasteiger partial charge in [-0.3, -0.25) is 4.79 Å². The molecule has 0 bridgehead atoms. The molecule has 2 aliphatic carbocycles. The lowest BCUT2D eigenvalue weighted by molar-refractivity contribution is -0.122. The molecule has 3 atom stereocenters.